The van der Waals surface area contributed by atoms with Gasteiger partial charge in [0.25, 0.3) is 5.79 Å². The van der Waals surface area contributed by atoms with Gasteiger partial charge in [0.1, 0.15) is 134 Å². The van der Waals surface area contributed by atoms with E-state index in [0.717, 1.165) is 13.8 Å². The van der Waals surface area contributed by atoms with Gasteiger partial charge in [-0.25, -0.2) is 4.79 Å². The molecule has 0 aromatic carbocycles. The first-order chi connectivity index (χ1) is 36.6. The van der Waals surface area contributed by atoms with E-state index in [9.17, 15) is 111 Å². The molecule has 0 aromatic heterocycles. The van der Waals surface area contributed by atoms with E-state index in [2.05, 4.69) is 10.6 Å². The molecule has 6 fully saturated rings. The molecule has 6 heterocycles. The number of hydrogen-bond donors (Lipinski definition) is 21. The monoisotopic (exact) mass is 1140 g/mol. The van der Waals surface area contributed by atoms with Gasteiger partial charge in [0.05, 0.1) is 51.3 Å². The van der Waals surface area contributed by atoms with Gasteiger partial charge in [-0.15, -0.1) is 0 Å². The number of nitrogens with one attached hydrogen (secondary N) is 2. The number of aliphatic hydroxyl groups is 18. The third-order valence-electron chi connectivity index (χ3n) is 14.2. The zero-order valence-electron chi connectivity index (χ0n) is 41.8. The molecule has 6 saturated heterocycles. The van der Waals surface area contributed by atoms with Crippen molar-refractivity contribution in [3.05, 3.63) is 0 Å². The first-order valence-corrected chi connectivity index (χ1v) is 24.6. The van der Waals surface area contributed by atoms with Gasteiger partial charge >= 0.3 is 5.97 Å². The molecule has 0 aromatic rings. The number of carbonyl (C=O) groups excluding carboxylic acids is 2. The summed E-state index contributed by atoms with van der Waals surface area (Å²) in [4.78, 5) is 38.3. The Labute approximate surface area is 441 Å². The van der Waals surface area contributed by atoms with Crippen LogP contribution in [0.25, 0.3) is 0 Å². The van der Waals surface area contributed by atoms with Crippen LogP contribution in [0.1, 0.15) is 27.2 Å². The fourth-order valence-corrected chi connectivity index (χ4v) is 9.85. The van der Waals surface area contributed by atoms with Gasteiger partial charge in [0.15, 0.2) is 31.5 Å². The zero-order valence-corrected chi connectivity index (χ0v) is 41.8. The van der Waals surface area contributed by atoms with Gasteiger partial charge in [-0.2, -0.15) is 0 Å². The highest BCUT2D eigenvalue weighted by Gasteiger charge is 2.60. The summed E-state index contributed by atoms with van der Waals surface area (Å²) in [5.74, 6) is -6.97. The van der Waals surface area contributed by atoms with Gasteiger partial charge in [0.2, 0.25) is 11.8 Å². The van der Waals surface area contributed by atoms with Crippen molar-refractivity contribution in [1.29, 1.82) is 0 Å². The minimum atomic E-state index is -3.12. The van der Waals surface area contributed by atoms with Gasteiger partial charge in [-0.05, 0) is 6.92 Å². The largest absolute Gasteiger partial charge is 0.477 e. The molecule has 0 spiro atoms. The van der Waals surface area contributed by atoms with Crippen molar-refractivity contribution >= 4 is 17.8 Å². The van der Waals surface area contributed by atoms with E-state index in [4.69, 9.17) is 52.1 Å². The summed E-state index contributed by atoms with van der Waals surface area (Å²) < 4.78 is 62.8. The van der Waals surface area contributed by atoms with Crippen molar-refractivity contribution in [2.75, 3.05) is 33.0 Å². The second kappa shape index (κ2) is 27.1. The molecule has 6 aliphatic rings. The summed E-state index contributed by atoms with van der Waals surface area (Å²) in [5.41, 5.74) is 0. The standard InChI is InChI=1S/C43H72N2O33/c1-10-21(54)25(58)29(62)39(69-10)74-33-17(8-49)72-40(30(63)27(33)60)76-34-20(45-12(3)51)38(77-36-23(56)15(6-47)71-41(31(36)64)75-32-16(7-48)70-37(65)28(61)26(32)59)73-18(24(34)57)9-68-43(42(66)67)4-13(52)19(44-11(2)50)35(78-43)22(55)14(53)5-46/h10,13-41,46-49,52-65H,4-9H2,1-3H3,(H,44,50)(H,45,51)(H,66,67)/t10-,13-,14+,15+,16+,17+,18+,19+,20+,21+,22+,23-,24+,25+,26+,27+,28+,29-,30+,31+,32+,33-,34+,35+,36-,37+,38-,39-,40-,41-,43?/m0/s1. The smallest absolute Gasteiger partial charge is 0.364 e. The summed E-state index contributed by atoms with van der Waals surface area (Å²) >= 11 is 0. The molecule has 6 aliphatic heterocycles. The molecule has 0 radical (unpaired) electrons. The van der Waals surface area contributed by atoms with Gasteiger partial charge in [-0.1, -0.05) is 0 Å². The number of carboxylic acids is 1. The van der Waals surface area contributed by atoms with Crippen molar-refractivity contribution in [1.82, 2.24) is 10.6 Å². The molecule has 31 atom stereocenters. The highest BCUT2D eigenvalue weighted by Crippen LogP contribution is 2.38. The van der Waals surface area contributed by atoms with Crippen LogP contribution in [-0.4, -0.2) is 338 Å². The van der Waals surface area contributed by atoms with Crippen LogP contribution in [0.3, 0.4) is 0 Å². The predicted molar refractivity (Wildman–Crippen MR) is 238 cm³/mol. The van der Waals surface area contributed by atoms with Crippen molar-refractivity contribution < 1.29 is 164 Å². The molecule has 1 unspecified atom stereocenters. The summed E-state index contributed by atoms with van der Waals surface area (Å²) in [5, 5.41) is 209. The number of carbonyl (C=O) groups is 3. The van der Waals surface area contributed by atoms with E-state index in [1.54, 1.807) is 0 Å². The Bertz CT molecular complexity index is 1950. The van der Waals surface area contributed by atoms with E-state index in [1.165, 1.54) is 6.92 Å². The Hall–Kier alpha value is -2.75. The van der Waals surface area contributed by atoms with Crippen molar-refractivity contribution in [3.63, 3.8) is 0 Å². The average Bonchev–Trinajstić information content (AvgIpc) is 3.46. The normalized spacial score (nSPS) is 48.1. The molecule has 21 N–H and O–H groups in total. The second-order valence-electron chi connectivity index (χ2n) is 19.7. The number of aliphatic hydroxyl groups excluding tert-OH is 18. The maximum Gasteiger partial charge on any atom is 0.364 e. The number of rotatable bonds is 20. The van der Waals surface area contributed by atoms with E-state index in [0.29, 0.717) is 0 Å². The molecule has 2 amide bonds. The minimum absolute atomic E-state index is 0.830. The van der Waals surface area contributed by atoms with Crippen LogP contribution in [0.5, 0.6) is 0 Å². The van der Waals surface area contributed by atoms with Crippen LogP contribution in [0, 0.1) is 0 Å². The fourth-order valence-electron chi connectivity index (χ4n) is 9.85. The summed E-state index contributed by atoms with van der Waals surface area (Å²) in [6.07, 6.45) is -57.1. The third kappa shape index (κ3) is 13.7. The Balaban J connectivity index is 1.36. The van der Waals surface area contributed by atoms with Crippen molar-refractivity contribution in [3.8, 4) is 0 Å². The van der Waals surface area contributed by atoms with Crippen LogP contribution < -0.4 is 10.6 Å². The molecular formula is C43H72N2O33. The lowest BCUT2D eigenvalue weighted by Gasteiger charge is -2.51. The number of amides is 2. The number of aliphatic carboxylic acids is 1. The second-order valence-corrected chi connectivity index (χ2v) is 19.7. The van der Waals surface area contributed by atoms with Gasteiger partial charge in [-0.3, -0.25) is 9.59 Å². The lowest BCUT2D eigenvalue weighted by Crippen LogP contribution is -2.71. The Morgan fingerprint density at radius 1 is 0.538 bits per heavy atom. The van der Waals surface area contributed by atoms with Crippen LogP contribution >= 0.6 is 0 Å². The summed E-state index contributed by atoms with van der Waals surface area (Å²) in [6, 6.07) is -3.65. The molecule has 35 nitrogen and oxygen atoms in total. The van der Waals surface area contributed by atoms with Crippen molar-refractivity contribution in [2.24, 2.45) is 0 Å². The molecule has 35 heteroatoms. The van der Waals surface area contributed by atoms with Crippen LogP contribution in [-0.2, 0) is 66.5 Å². The average molecular weight is 1150 g/mol. The third-order valence-corrected chi connectivity index (χ3v) is 14.2. The maximum atomic E-state index is 13.1. The molecule has 0 bridgehead atoms. The summed E-state index contributed by atoms with van der Waals surface area (Å²) in [6.45, 7) is -2.29. The number of ether oxygens (including phenoxy) is 11. The van der Waals surface area contributed by atoms with Crippen molar-refractivity contribution in [2.45, 2.75) is 217 Å². The van der Waals surface area contributed by atoms with Gasteiger partial charge in [0, 0.05) is 20.3 Å². The molecule has 78 heavy (non-hydrogen) atoms. The topological polar surface area (TPSA) is 561 Å². The first-order valence-electron chi connectivity index (χ1n) is 24.6. The molecule has 452 valence electrons. The summed E-state index contributed by atoms with van der Waals surface area (Å²) in [7, 11) is 0. The van der Waals surface area contributed by atoms with E-state index < -0.39 is 247 Å². The van der Waals surface area contributed by atoms with Crippen LogP contribution in [0.2, 0.25) is 0 Å². The predicted octanol–water partition coefficient (Wildman–Crippen LogP) is -13.6. The Morgan fingerprint density at radius 3 is 1.58 bits per heavy atom. The maximum absolute atomic E-state index is 13.1. The minimum Gasteiger partial charge on any atom is -0.477 e. The molecule has 6 rings (SSSR count). The van der Waals surface area contributed by atoms with E-state index >= 15 is 0 Å². The van der Waals surface area contributed by atoms with Gasteiger partial charge < -0.3 is 160 Å². The quantitative estimate of drug-likeness (QED) is 0.0538. The molecular weight excluding hydrogens is 1070 g/mol. The molecule has 0 aliphatic carbocycles. The zero-order chi connectivity index (χ0) is 58.0. The van der Waals surface area contributed by atoms with Crippen LogP contribution in [0.15, 0.2) is 0 Å². The Morgan fingerprint density at radius 2 is 1.01 bits per heavy atom. The Kier molecular flexibility index (Phi) is 22.4. The molecule has 0 saturated carbocycles. The number of hydrogen-bond acceptors (Lipinski definition) is 32. The van der Waals surface area contributed by atoms with Crippen LogP contribution in [0.4, 0.5) is 0 Å². The lowest BCUT2D eigenvalue weighted by atomic mass is 9.88. The number of carboxylic acid groups (broad SMARTS) is 1. The highest BCUT2D eigenvalue weighted by atomic mass is 16.8. The highest BCUT2D eigenvalue weighted by molar-refractivity contribution is 5.76. The fraction of sp³-hybridized carbons (Fsp3) is 0.930. The SMILES string of the molecule is CC(=O)N[C@H]1[C@H](O[C@H]2[C@@H](O)[C@@H](CO)O[C@@H](O[C@H]3[C@H](O)[C@@H](O)[C@H](O)O[C@@H]3CO)[C@@H]2O)O[C@H](COC2(C(=O)O)C[C@H](O)[C@@H](NC(C)=O)[C@H]([C@H](O)[C@H](O)CO)O2)[C@@H](O)[C@@H]1O[C@@H]1O[C@H](CO)[C@H](O[C@@H]2O[C@@H](C)[C@@H](O)[C@@H](O)[C@@H]2O)[C@H](O)[C@H]1O. The van der Waals surface area contributed by atoms with E-state index in [-0.39, 0.29) is 0 Å². The lowest BCUT2D eigenvalue weighted by molar-refractivity contribution is -0.387. The first kappa shape index (κ1) is 64.4. The van der Waals surface area contributed by atoms with E-state index in [1.807, 2.05) is 0 Å².